The van der Waals surface area contributed by atoms with Crippen LogP contribution in [0.15, 0.2) is 29.3 Å². The van der Waals surface area contributed by atoms with Crippen molar-refractivity contribution >= 4 is 33.4 Å². The highest BCUT2D eigenvalue weighted by Gasteiger charge is 2.49. The van der Waals surface area contributed by atoms with Crippen molar-refractivity contribution in [3.05, 3.63) is 41.5 Å². The van der Waals surface area contributed by atoms with Gasteiger partial charge in [-0.25, -0.2) is 26.3 Å². The van der Waals surface area contributed by atoms with Gasteiger partial charge in [-0.15, -0.1) is 0 Å². The predicted molar refractivity (Wildman–Crippen MR) is 130 cm³/mol. The number of halogens is 3. The number of aromatic nitrogens is 1. The number of carbonyl (C=O) groups is 3. The molecular weight excluding hydrogens is 543 g/mol. The van der Waals surface area contributed by atoms with E-state index >= 15 is 0 Å². The zero-order valence-electron chi connectivity index (χ0n) is 21.0. The molecule has 0 unspecified atom stereocenters. The van der Waals surface area contributed by atoms with Gasteiger partial charge in [0.2, 0.25) is 10.0 Å². The van der Waals surface area contributed by atoms with E-state index in [4.69, 9.17) is 4.74 Å². The monoisotopic (exact) mass is 569 g/mol. The molecule has 1 aromatic heterocycles. The molecule has 0 radical (unpaired) electrons. The van der Waals surface area contributed by atoms with Crippen LogP contribution in [0.1, 0.15) is 22.5 Å². The van der Waals surface area contributed by atoms with Gasteiger partial charge in [-0.3, -0.25) is 14.4 Å². The number of carbonyl (C=O) groups excluding carboxylic acids is 3. The first-order chi connectivity index (χ1) is 18.3. The van der Waals surface area contributed by atoms with Crippen LogP contribution in [-0.2, 0) is 26.7 Å². The van der Waals surface area contributed by atoms with E-state index in [1.807, 2.05) is 0 Å². The van der Waals surface area contributed by atoms with E-state index in [-0.39, 0.29) is 42.5 Å². The second-order valence-corrected chi connectivity index (χ2v) is 11.7. The number of nitrogens with zero attached hydrogens (tertiary/aromatic N) is 3. The standard InChI is InChI=1S/C24H26F3N5O6S/c1-13-7-15(3-4-16(13)25)28-21(33)19-20-18(9-30(19)2)39(36,37)29-17-8-31(6-5-14(17)10-38-20)22(34)23(35)32-11-24(26,27)12-32/h3-4,7,9,14,17,29H,5-6,8,10-12H2,1-2H3,(H,28,33)/t14-,17-/m1/s1. The topological polar surface area (TPSA) is 130 Å². The zero-order chi connectivity index (χ0) is 28.3. The number of aryl methyl sites for hydroxylation is 2. The maximum atomic E-state index is 13.6. The molecule has 0 aliphatic carbocycles. The number of fused-ring (bicyclic) bond motifs is 2. The van der Waals surface area contributed by atoms with Gasteiger partial charge in [0.1, 0.15) is 10.7 Å². The first-order valence-corrected chi connectivity index (χ1v) is 13.6. The molecule has 11 nitrogen and oxygen atoms in total. The molecule has 0 spiro atoms. The van der Waals surface area contributed by atoms with E-state index in [1.165, 1.54) is 36.0 Å². The molecule has 39 heavy (non-hydrogen) atoms. The third-order valence-corrected chi connectivity index (χ3v) is 8.61. The van der Waals surface area contributed by atoms with Crippen LogP contribution < -0.4 is 14.8 Å². The van der Waals surface area contributed by atoms with Crippen LogP contribution in [0.2, 0.25) is 0 Å². The lowest BCUT2D eigenvalue weighted by Crippen LogP contribution is -2.63. The Balaban J connectivity index is 1.34. The van der Waals surface area contributed by atoms with Crippen LogP contribution in [0.4, 0.5) is 18.9 Å². The van der Waals surface area contributed by atoms with E-state index in [9.17, 15) is 36.0 Å². The summed E-state index contributed by atoms with van der Waals surface area (Å²) >= 11 is 0. The van der Waals surface area contributed by atoms with Gasteiger partial charge < -0.3 is 24.4 Å². The van der Waals surface area contributed by atoms with Gasteiger partial charge in [0, 0.05) is 44.0 Å². The van der Waals surface area contributed by atoms with Crippen molar-refractivity contribution in [1.29, 1.82) is 0 Å². The highest BCUT2D eigenvalue weighted by molar-refractivity contribution is 7.89. The Morgan fingerprint density at radius 2 is 1.85 bits per heavy atom. The lowest BCUT2D eigenvalue weighted by atomic mass is 9.92. The van der Waals surface area contributed by atoms with Crippen LogP contribution in [0.3, 0.4) is 0 Å². The Kier molecular flexibility index (Phi) is 6.61. The number of ether oxygens (including phenoxy) is 1. The molecule has 2 aromatic rings. The number of likely N-dealkylation sites (tertiary alicyclic amines) is 2. The number of hydrogen-bond acceptors (Lipinski definition) is 6. The molecule has 2 fully saturated rings. The molecule has 4 heterocycles. The normalized spacial score (nSPS) is 23.3. The average molecular weight is 570 g/mol. The third kappa shape index (κ3) is 5.07. The number of hydrogen-bond donors (Lipinski definition) is 2. The van der Waals surface area contributed by atoms with Gasteiger partial charge in [-0.05, 0) is 37.1 Å². The van der Waals surface area contributed by atoms with E-state index in [0.717, 1.165) is 9.80 Å². The van der Waals surface area contributed by atoms with Crippen molar-refractivity contribution in [1.82, 2.24) is 19.1 Å². The molecule has 0 saturated carbocycles. The summed E-state index contributed by atoms with van der Waals surface area (Å²) in [6, 6.07) is 3.21. The molecule has 210 valence electrons. The SMILES string of the molecule is Cc1cc(NC(=O)c2c3c(cn2C)S(=O)(=O)N[C@@H]2CN(C(=O)C(=O)N4CC(F)(F)C4)CC[C@@H]2CO3)ccc1F. The molecular formula is C24H26F3N5O6S. The summed E-state index contributed by atoms with van der Waals surface area (Å²) in [5, 5.41) is 2.63. The molecule has 2 atom stereocenters. The molecule has 0 bridgehead atoms. The van der Waals surface area contributed by atoms with Crippen molar-refractivity contribution in [3.8, 4) is 5.75 Å². The smallest absolute Gasteiger partial charge is 0.312 e. The van der Waals surface area contributed by atoms with Gasteiger partial charge in [0.15, 0.2) is 11.4 Å². The van der Waals surface area contributed by atoms with Crippen LogP contribution in [0.5, 0.6) is 5.75 Å². The number of sulfonamides is 1. The summed E-state index contributed by atoms with van der Waals surface area (Å²) in [4.78, 5) is 39.7. The Morgan fingerprint density at radius 3 is 2.51 bits per heavy atom. The summed E-state index contributed by atoms with van der Waals surface area (Å²) < 4.78 is 76.3. The molecule has 2 saturated heterocycles. The highest BCUT2D eigenvalue weighted by Crippen LogP contribution is 2.35. The minimum atomic E-state index is -4.25. The molecule has 5 rings (SSSR count). The van der Waals surface area contributed by atoms with Crippen molar-refractivity contribution in [3.63, 3.8) is 0 Å². The van der Waals surface area contributed by atoms with E-state index in [2.05, 4.69) is 10.0 Å². The zero-order valence-corrected chi connectivity index (χ0v) is 21.9. The molecule has 3 aliphatic rings. The third-order valence-electron chi connectivity index (χ3n) is 7.13. The summed E-state index contributed by atoms with van der Waals surface area (Å²) in [7, 11) is -2.77. The number of anilines is 1. The maximum Gasteiger partial charge on any atom is 0.312 e. The fourth-order valence-corrected chi connectivity index (χ4v) is 6.47. The van der Waals surface area contributed by atoms with Crippen LogP contribution in [-0.4, -0.2) is 85.3 Å². The minimum Gasteiger partial charge on any atom is -0.489 e. The summed E-state index contributed by atoms with van der Waals surface area (Å²) in [5.41, 5.74) is 0.577. The van der Waals surface area contributed by atoms with Crippen molar-refractivity contribution < 1.29 is 40.7 Å². The lowest BCUT2D eigenvalue weighted by molar-refractivity contribution is -0.174. The Labute approximate surface area is 221 Å². The second-order valence-electron chi connectivity index (χ2n) is 10.1. The fourth-order valence-electron chi connectivity index (χ4n) is 4.98. The van der Waals surface area contributed by atoms with E-state index in [1.54, 1.807) is 6.92 Å². The van der Waals surface area contributed by atoms with Gasteiger partial charge in [0.25, 0.3) is 11.8 Å². The molecule has 3 aliphatic heterocycles. The molecule has 3 amide bonds. The first kappa shape index (κ1) is 27.0. The molecule has 2 N–H and O–H groups in total. The molecule has 1 aromatic carbocycles. The lowest BCUT2D eigenvalue weighted by Gasteiger charge is -2.42. The maximum absolute atomic E-state index is 13.6. The van der Waals surface area contributed by atoms with Crippen LogP contribution in [0, 0.1) is 18.7 Å². The number of rotatable bonds is 2. The Morgan fingerprint density at radius 1 is 1.15 bits per heavy atom. The predicted octanol–water partition coefficient (Wildman–Crippen LogP) is 1.09. The van der Waals surface area contributed by atoms with Crippen molar-refractivity contribution in [2.45, 2.75) is 30.2 Å². The van der Waals surface area contributed by atoms with Crippen molar-refractivity contribution in [2.24, 2.45) is 13.0 Å². The Bertz CT molecular complexity index is 1470. The summed E-state index contributed by atoms with van der Waals surface area (Å²) in [6.45, 7) is -0.161. The summed E-state index contributed by atoms with van der Waals surface area (Å²) in [5.74, 6) is -6.69. The first-order valence-electron chi connectivity index (χ1n) is 12.1. The number of nitrogens with one attached hydrogen (secondary N) is 2. The number of alkyl halides is 2. The summed E-state index contributed by atoms with van der Waals surface area (Å²) in [6.07, 6.45) is 1.49. The minimum absolute atomic E-state index is 0.00839. The number of benzene rings is 1. The largest absolute Gasteiger partial charge is 0.489 e. The average Bonchev–Trinajstić information content (AvgIpc) is 3.18. The Hall–Kier alpha value is -3.59. The van der Waals surface area contributed by atoms with E-state index in [0.29, 0.717) is 11.3 Å². The quantitative estimate of drug-likeness (QED) is 0.521. The number of amides is 3. The number of piperidine rings is 1. The van der Waals surface area contributed by atoms with Gasteiger partial charge in [0.05, 0.1) is 19.7 Å². The van der Waals surface area contributed by atoms with Crippen molar-refractivity contribution in [2.75, 3.05) is 38.1 Å². The van der Waals surface area contributed by atoms with E-state index < -0.39 is 64.5 Å². The van der Waals surface area contributed by atoms with Crippen LogP contribution in [0.25, 0.3) is 0 Å². The highest BCUT2D eigenvalue weighted by atomic mass is 32.2. The van der Waals surface area contributed by atoms with Gasteiger partial charge >= 0.3 is 11.8 Å². The second kappa shape index (κ2) is 9.55. The fraction of sp³-hybridized carbons (Fsp3) is 0.458. The molecule has 15 heteroatoms. The van der Waals surface area contributed by atoms with Gasteiger partial charge in [-0.2, -0.15) is 0 Å². The van der Waals surface area contributed by atoms with Gasteiger partial charge in [-0.1, -0.05) is 0 Å². The van der Waals surface area contributed by atoms with Crippen LogP contribution >= 0.6 is 0 Å².